The van der Waals surface area contributed by atoms with E-state index in [-0.39, 0.29) is 13.2 Å². The van der Waals surface area contributed by atoms with E-state index in [0.717, 1.165) is 0 Å². The highest BCUT2D eigenvalue weighted by molar-refractivity contribution is 5.73. The molecule has 0 aliphatic carbocycles. The number of rotatable bonds is 3. The minimum absolute atomic E-state index is 0.0648. The van der Waals surface area contributed by atoms with Crippen molar-refractivity contribution in [1.82, 2.24) is 0 Å². The van der Waals surface area contributed by atoms with E-state index in [4.69, 9.17) is 24.1 Å². The Bertz CT molecular complexity index is 430. The van der Waals surface area contributed by atoms with Crippen LogP contribution in [-0.4, -0.2) is 99.8 Å². The van der Waals surface area contributed by atoms with Gasteiger partial charge in [-0.15, -0.1) is 0 Å². The zero-order valence-corrected chi connectivity index (χ0v) is 11.4. The molecule has 126 valence electrons. The topological polar surface area (TPSA) is 155 Å². The third-order valence-corrected chi connectivity index (χ3v) is 4.10. The molecular formula is C12H18O10. The first-order valence-corrected chi connectivity index (χ1v) is 6.89. The molecule has 0 spiro atoms. The lowest BCUT2D eigenvalue weighted by Crippen LogP contribution is -2.61. The van der Waals surface area contributed by atoms with E-state index in [1.807, 2.05) is 0 Å². The van der Waals surface area contributed by atoms with Crippen LogP contribution in [0.25, 0.3) is 0 Å². The van der Waals surface area contributed by atoms with Crippen molar-refractivity contribution in [2.75, 3.05) is 13.2 Å². The molecule has 0 aromatic rings. The van der Waals surface area contributed by atoms with Crippen molar-refractivity contribution in [1.29, 1.82) is 0 Å². The highest BCUT2D eigenvalue weighted by Crippen LogP contribution is 2.31. The molecule has 0 radical (unpaired) electrons. The molecule has 3 heterocycles. The van der Waals surface area contributed by atoms with Crippen LogP contribution in [0.1, 0.15) is 0 Å². The number of carbonyl (C=O) groups is 1. The Morgan fingerprint density at radius 1 is 0.955 bits per heavy atom. The van der Waals surface area contributed by atoms with Crippen LogP contribution in [0.5, 0.6) is 0 Å². The van der Waals surface area contributed by atoms with Crippen molar-refractivity contribution in [2.45, 2.75) is 55.1 Å². The van der Waals surface area contributed by atoms with Crippen molar-refractivity contribution in [3.8, 4) is 0 Å². The van der Waals surface area contributed by atoms with E-state index >= 15 is 0 Å². The largest absolute Gasteiger partial charge is 0.479 e. The first-order chi connectivity index (χ1) is 10.4. The van der Waals surface area contributed by atoms with Gasteiger partial charge in [0.2, 0.25) is 0 Å². The van der Waals surface area contributed by atoms with E-state index in [1.165, 1.54) is 0 Å². The average molecular weight is 322 g/mol. The molecule has 5 N–H and O–H groups in total. The molecule has 10 nitrogen and oxygen atoms in total. The maximum absolute atomic E-state index is 11.0. The molecule has 3 fully saturated rings. The first kappa shape index (κ1) is 16.0. The number of aliphatic hydroxyl groups excluding tert-OH is 4. The summed E-state index contributed by atoms with van der Waals surface area (Å²) in [7, 11) is 0. The van der Waals surface area contributed by atoms with E-state index < -0.39 is 61.1 Å². The van der Waals surface area contributed by atoms with Crippen LogP contribution >= 0.6 is 0 Å². The predicted octanol–water partition coefficient (Wildman–Crippen LogP) is -3.58. The Labute approximate surface area is 124 Å². The summed E-state index contributed by atoms with van der Waals surface area (Å²) in [6.07, 6.45) is -10.9. The number of ether oxygens (including phenoxy) is 4. The van der Waals surface area contributed by atoms with Gasteiger partial charge in [-0.2, -0.15) is 0 Å². The molecule has 9 unspecified atom stereocenters. The lowest BCUT2D eigenvalue weighted by molar-refractivity contribution is -0.308. The van der Waals surface area contributed by atoms with Crippen LogP contribution in [0.4, 0.5) is 0 Å². The second-order valence-corrected chi connectivity index (χ2v) is 5.57. The van der Waals surface area contributed by atoms with Crippen molar-refractivity contribution >= 4 is 5.97 Å². The zero-order valence-electron chi connectivity index (χ0n) is 11.4. The molecule has 9 atom stereocenters. The molecular weight excluding hydrogens is 304 g/mol. The first-order valence-electron chi connectivity index (χ1n) is 6.89. The van der Waals surface area contributed by atoms with Crippen molar-refractivity contribution in [2.24, 2.45) is 0 Å². The van der Waals surface area contributed by atoms with E-state index in [0.29, 0.717) is 0 Å². The number of hydrogen-bond donors (Lipinski definition) is 5. The van der Waals surface area contributed by atoms with Gasteiger partial charge in [0.25, 0.3) is 0 Å². The molecule has 3 saturated heterocycles. The number of aliphatic carboxylic acids is 1. The van der Waals surface area contributed by atoms with E-state index in [2.05, 4.69) is 0 Å². The van der Waals surface area contributed by atoms with Crippen molar-refractivity contribution < 1.29 is 49.3 Å². The third-order valence-electron chi connectivity index (χ3n) is 4.10. The normalized spacial score (nSPS) is 51.7. The van der Waals surface area contributed by atoms with Crippen molar-refractivity contribution in [3.05, 3.63) is 0 Å². The highest BCUT2D eigenvalue weighted by atomic mass is 16.7. The molecule has 22 heavy (non-hydrogen) atoms. The standard InChI is InChI=1S/C12H18O10/c13-3-1-19-9-4(2-20-8(3)9)21-12-7(16)5(14)6(15)10(22-12)11(17)18/h3-10,12-16H,1-2H2,(H,17,18). The van der Waals surface area contributed by atoms with Gasteiger partial charge in [-0.3, -0.25) is 0 Å². The molecule has 0 saturated carbocycles. The number of aliphatic hydroxyl groups is 4. The lowest BCUT2D eigenvalue weighted by Gasteiger charge is -2.39. The molecule has 0 aromatic heterocycles. The highest BCUT2D eigenvalue weighted by Gasteiger charge is 2.52. The summed E-state index contributed by atoms with van der Waals surface area (Å²) >= 11 is 0. The Morgan fingerprint density at radius 3 is 2.32 bits per heavy atom. The molecule has 0 aromatic carbocycles. The molecule has 0 amide bonds. The molecule has 10 heteroatoms. The fourth-order valence-electron chi connectivity index (χ4n) is 2.90. The second-order valence-electron chi connectivity index (χ2n) is 5.57. The number of carboxylic acid groups (broad SMARTS) is 1. The predicted molar refractivity (Wildman–Crippen MR) is 64.7 cm³/mol. The summed E-state index contributed by atoms with van der Waals surface area (Å²) in [6, 6.07) is 0. The van der Waals surface area contributed by atoms with Crippen LogP contribution < -0.4 is 0 Å². The smallest absolute Gasteiger partial charge is 0.335 e. The fraction of sp³-hybridized carbons (Fsp3) is 0.917. The zero-order chi connectivity index (χ0) is 16.0. The van der Waals surface area contributed by atoms with Gasteiger partial charge in [0, 0.05) is 0 Å². The van der Waals surface area contributed by atoms with E-state index in [9.17, 15) is 25.2 Å². The summed E-state index contributed by atoms with van der Waals surface area (Å²) in [5.41, 5.74) is 0. The van der Waals surface area contributed by atoms with Crippen LogP contribution in [0, 0.1) is 0 Å². The number of fused-ring (bicyclic) bond motifs is 1. The quantitative estimate of drug-likeness (QED) is 0.352. The summed E-state index contributed by atoms with van der Waals surface area (Å²) in [6.45, 7) is 0.151. The molecule has 3 rings (SSSR count). The maximum Gasteiger partial charge on any atom is 0.335 e. The Morgan fingerprint density at radius 2 is 1.64 bits per heavy atom. The van der Waals surface area contributed by atoms with Crippen molar-refractivity contribution in [3.63, 3.8) is 0 Å². The summed E-state index contributed by atoms with van der Waals surface area (Å²) in [4.78, 5) is 11.0. The Kier molecular flexibility index (Phi) is 4.36. The third kappa shape index (κ3) is 2.61. The van der Waals surface area contributed by atoms with Crippen LogP contribution in [0.3, 0.4) is 0 Å². The molecule has 3 aliphatic heterocycles. The Balaban J connectivity index is 1.67. The Hall–Kier alpha value is -0.850. The van der Waals surface area contributed by atoms with Gasteiger partial charge in [-0.1, -0.05) is 0 Å². The minimum Gasteiger partial charge on any atom is -0.479 e. The summed E-state index contributed by atoms with van der Waals surface area (Å²) < 4.78 is 21.2. The minimum atomic E-state index is -1.77. The number of carboxylic acids is 1. The average Bonchev–Trinajstić information content (AvgIpc) is 3.03. The lowest BCUT2D eigenvalue weighted by atomic mass is 9.99. The van der Waals surface area contributed by atoms with Gasteiger partial charge in [-0.25, -0.2) is 4.79 Å². The molecule has 0 bridgehead atoms. The SMILES string of the molecule is O=C(O)C1OC(OC2COC3C(O)COC23)C(O)C(O)C1O. The maximum atomic E-state index is 11.0. The number of hydrogen-bond acceptors (Lipinski definition) is 9. The van der Waals surface area contributed by atoms with Gasteiger partial charge in [-0.05, 0) is 0 Å². The monoisotopic (exact) mass is 322 g/mol. The van der Waals surface area contributed by atoms with Crippen LogP contribution in [-0.2, 0) is 23.7 Å². The summed E-state index contributed by atoms with van der Waals surface area (Å²) in [5.74, 6) is -1.49. The van der Waals surface area contributed by atoms with Crippen LogP contribution in [0.2, 0.25) is 0 Å². The second kappa shape index (κ2) is 5.98. The van der Waals surface area contributed by atoms with Gasteiger partial charge in [0.15, 0.2) is 12.4 Å². The summed E-state index contributed by atoms with van der Waals surface area (Å²) in [5, 5.41) is 47.8. The fourth-order valence-corrected chi connectivity index (χ4v) is 2.90. The van der Waals surface area contributed by atoms with Gasteiger partial charge >= 0.3 is 5.97 Å². The molecule has 3 aliphatic rings. The van der Waals surface area contributed by atoms with Crippen LogP contribution in [0.15, 0.2) is 0 Å². The van der Waals surface area contributed by atoms with Gasteiger partial charge < -0.3 is 44.5 Å². The van der Waals surface area contributed by atoms with Gasteiger partial charge in [0.1, 0.15) is 42.7 Å². The van der Waals surface area contributed by atoms with E-state index in [1.54, 1.807) is 0 Å². The van der Waals surface area contributed by atoms with Gasteiger partial charge in [0.05, 0.1) is 13.2 Å².